The van der Waals surface area contributed by atoms with E-state index in [0.29, 0.717) is 17.1 Å². The van der Waals surface area contributed by atoms with Crippen LogP contribution in [0.2, 0.25) is 5.15 Å². The second-order valence-corrected chi connectivity index (χ2v) is 3.72. The van der Waals surface area contributed by atoms with Crippen LogP contribution in [-0.4, -0.2) is 15.8 Å². The van der Waals surface area contributed by atoms with Gasteiger partial charge in [0.15, 0.2) is 5.78 Å². The Morgan fingerprint density at radius 2 is 2.19 bits per heavy atom. The molecule has 0 unspecified atom stereocenters. The third-order valence-electron chi connectivity index (χ3n) is 2.14. The van der Waals surface area contributed by atoms with E-state index in [-0.39, 0.29) is 5.78 Å². The van der Waals surface area contributed by atoms with Crippen molar-refractivity contribution in [2.24, 2.45) is 0 Å². The van der Waals surface area contributed by atoms with Crippen molar-refractivity contribution in [3.63, 3.8) is 0 Å². The Kier molecular flexibility index (Phi) is 3.27. The summed E-state index contributed by atoms with van der Waals surface area (Å²) >= 11 is 5.72. The fraction of sp³-hybridized carbons (Fsp3) is 0.0833. The molecule has 0 bridgehead atoms. The summed E-state index contributed by atoms with van der Waals surface area (Å²) in [6.07, 6.45) is 5.21. The average molecular weight is 233 g/mol. The average Bonchev–Trinajstić information content (AvgIpc) is 2.30. The third kappa shape index (κ3) is 2.64. The van der Waals surface area contributed by atoms with Gasteiger partial charge in [-0.05, 0) is 23.8 Å². The van der Waals surface area contributed by atoms with Gasteiger partial charge < -0.3 is 0 Å². The normalized spacial score (nSPS) is 10.1. The number of aromatic nitrogens is 2. The van der Waals surface area contributed by atoms with Gasteiger partial charge in [0.05, 0.1) is 0 Å². The van der Waals surface area contributed by atoms with Crippen LogP contribution in [0.5, 0.6) is 0 Å². The van der Waals surface area contributed by atoms with Crippen molar-refractivity contribution < 1.29 is 4.79 Å². The number of rotatable bonds is 3. The van der Waals surface area contributed by atoms with E-state index < -0.39 is 0 Å². The molecule has 0 saturated carbocycles. The van der Waals surface area contributed by atoms with Crippen LogP contribution in [0.15, 0.2) is 42.9 Å². The Labute approximate surface area is 98.1 Å². The minimum absolute atomic E-state index is 0.0114. The third-order valence-corrected chi connectivity index (χ3v) is 2.34. The van der Waals surface area contributed by atoms with Crippen molar-refractivity contribution in [3.05, 3.63) is 59.1 Å². The smallest absolute Gasteiger partial charge is 0.167 e. The van der Waals surface area contributed by atoms with Crippen molar-refractivity contribution >= 4 is 17.4 Å². The Balaban J connectivity index is 2.15. The Hall–Kier alpha value is -1.74. The molecule has 0 aromatic carbocycles. The van der Waals surface area contributed by atoms with E-state index in [9.17, 15) is 4.79 Å². The molecule has 0 radical (unpaired) electrons. The van der Waals surface area contributed by atoms with E-state index in [1.54, 1.807) is 24.5 Å². The van der Waals surface area contributed by atoms with E-state index in [1.807, 2.05) is 12.1 Å². The highest BCUT2D eigenvalue weighted by molar-refractivity contribution is 6.29. The molecule has 2 aromatic rings. The highest BCUT2D eigenvalue weighted by atomic mass is 35.5. The van der Waals surface area contributed by atoms with Gasteiger partial charge in [0.1, 0.15) is 5.15 Å². The predicted molar refractivity (Wildman–Crippen MR) is 61.5 cm³/mol. The van der Waals surface area contributed by atoms with Crippen molar-refractivity contribution in [1.29, 1.82) is 0 Å². The number of carbonyl (C=O) groups excluding carboxylic acids is 1. The van der Waals surface area contributed by atoms with Crippen LogP contribution in [0, 0.1) is 0 Å². The largest absolute Gasteiger partial charge is 0.294 e. The molecule has 80 valence electrons. The van der Waals surface area contributed by atoms with Crippen LogP contribution in [0.3, 0.4) is 0 Å². The number of Topliss-reactive ketones (excluding diaryl/α,β-unsaturated/α-hetero) is 1. The van der Waals surface area contributed by atoms with Gasteiger partial charge in [0.25, 0.3) is 0 Å². The molecule has 0 N–H and O–H groups in total. The topological polar surface area (TPSA) is 42.9 Å². The van der Waals surface area contributed by atoms with Crippen molar-refractivity contribution in [2.75, 3.05) is 0 Å². The molecule has 0 saturated heterocycles. The minimum atomic E-state index is 0.0114. The SMILES string of the molecule is O=C(Cc1cccnc1)c1ccnc(Cl)c1. The first-order chi connectivity index (χ1) is 7.75. The second kappa shape index (κ2) is 4.86. The molecule has 0 aliphatic heterocycles. The van der Waals surface area contributed by atoms with Gasteiger partial charge in [0.2, 0.25) is 0 Å². The number of hydrogen-bond acceptors (Lipinski definition) is 3. The van der Waals surface area contributed by atoms with Crippen molar-refractivity contribution in [3.8, 4) is 0 Å². The van der Waals surface area contributed by atoms with Gasteiger partial charge in [0, 0.05) is 30.6 Å². The van der Waals surface area contributed by atoms with Crippen LogP contribution < -0.4 is 0 Å². The molecular formula is C12H9ClN2O. The first-order valence-corrected chi connectivity index (χ1v) is 5.17. The van der Waals surface area contributed by atoms with Gasteiger partial charge in [-0.3, -0.25) is 9.78 Å². The molecule has 0 fully saturated rings. The summed E-state index contributed by atoms with van der Waals surface area (Å²) in [5.41, 5.74) is 1.46. The van der Waals surface area contributed by atoms with Crippen LogP contribution in [0.25, 0.3) is 0 Å². The Morgan fingerprint density at radius 1 is 1.31 bits per heavy atom. The molecule has 2 rings (SSSR count). The number of pyridine rings is 2. The lowest BCUT2D eigenvalue weighted by atomic mass is 10.1. The Morgan fingerprint density at radius 3 is 2.88 bits per heavy atom. The molecule has 2 heterocycles. The molecule has 16 heavy (non-hydrogen) atoms. The lowest BCUT2D eigenvalue weighted by Crippen LogP contribution is -2.03. The summed E-state index contributed by atoms with van der Waals surface area (Å²) in [4.78, 5) is 19.6. The van der Waals surface area contributed by atoms with Crippen LogP contribution in [0.4, 0.5) is 0 Å². The van der Waals surface area contributed by atoms with Crippen LogP contribution in [-0.2, 0) is 6.42 Å². The maximum absolute atomic E-state index is 11.9. The number of halogens is 1. The molecule has 4 heteroatoms. The summed E-state index contributed by atoms with van der Waals surface area (Å²) in [6, 6.07) is 6.90. The molecule has 3 nitrogen and oxygen atoms in total. The summed E-state index contributed by atoms with van der Waals surface area (Å²) in [5, 5.41) is 0.331. The molecule has 0 aliphatic rings. The van der Waals surface area contributed by atoms with E-state index in [4.69, 9.17) is 11.6 Å². The molecule has 0 spiro atoms. The number of ketones is 1. The standard InChI is InChI=1S/C12H9ClN2O/c13-12-7-10(3-5-15-12)11(16)6-9-2-1-4-14-8-9/h1-5,7-8H,6H2. The monoisotopic (exact) mass is 232 g/mol. The zero-order chi connectivity index (χ0) is 11.4. The zero-order valence-electron chi connectivity index (χ0n) is 8.43. The molecule has 0 atom stereocenters. The summed E-state index contributed by atoms with van der Waals surface area (Å²) in [5.74, 6) is 0.0114. The zero-order valence-corrected chi connectivity index (χ0v) is 9.19. The summed E-state index contributed by atoms with van der Waals surface area (Å²) < 4.78 is 0. The van der Waals surface area contributed by atoms with E-state index in [1.165, 1.54) is 6.20 Å². The summed E-state index contributed by atoms with van der Waals surface area (Å²) in [6.45, 7) is 0. The minimum Gasteiger partial charge on any atom is -0.294 e. The highest BCUT2D eigenvalue weighted by Crippen LogP contribution is 2.10. The highest BCUT2D eigenvalue weighted by Gasteiger charge is 2.07. The maximum atomic E-state index is 11.9. The van der Waals surface area contributed by atoms with Gasteiger partial charge in [-0.15, -0.1) is 0 Å². The molecule has 0 amide bonds. The van der Waals surface area contributed by atoms with Crippen molar-refractivity contribution in [1.82, 2.24) is 9.97 Å². The fourth-order valence-corrected chi connectivity index (χ4v) is 1.54. The second-order valence-electron chi connectivity index (χ2n) is 3.33. The van der Waals surface area contributed by atoms with Gasteiger partial charge in [-0.2, -0.15) is 0 Å². The quantitative estimate of drug-likeness (QED) is 0.603. The number of hydrogen-bond donors (Lipinski definition) is 0. The van der Waals surface area contributed by atoms with Crippen LogP contribution in [0.1, 0.15) is 15.9 Å². The molecular weight excluding hydrogens is 224 g/mol. The number of carbonyl (C=O) groups is 1. The van der Waals surface area contributed by atoms with Gasteiger partial charge in [-0.25, -0.2) is 4.98 Å². The summed E-state index contributed by atoms with van der Waals surface area (Å²) in [7, 11) is 0. The van der Waals surface area contributed by atoms with Crippen molar-refractivity contribution in [2.45, 2.75) is 6.42 Å². The lowest BCUT2D eigenvalue weighted by Gasteiger charge is -2.00. The fourth-order valence-electron chi connectivity index (χ4n) is 1.37. The first-order valence-electron chi connectivity index (χ1n) is 4.79. The van der Waals surface area contributed by atoms with E-state index >= 15 is 0 Å². The number of nitrogens with zero attached hydrogens (tertiary/aromatic N) is 2. The van der Waals surface area contributed by atoms with Crippen LogP contribution >= 0.6 is 11.6 Å². The molecule has 0 aliphatic carbocycles. The van der Waals surface area contributed by atoms with E-state index in [2.05, 4.69) is 9.97 Å². The Bertz CT molecular complexity index is 499. The first kappa shape index (κ1) is 10.8. The van der Waals surface area contributed by atoms with E-state index in [0.717, 1.165) is 5.56 Å². The maximum Gasteiger partial charge on any atom is 0.167 e. The van der Waals surface area contributed by atoms with Gasteiger partial charge in [-0.1, -0.05) is 17.7 Å². The van der Waals surface area contributed by atoms with Gasteiger partial charge >= 0.3 is 0 Å². The lowest BCUT2D eigenvalue weighted by molar-refractivity contribution is 0.0993. The predicted octanol–water partition coefficient (Wildman–Crippen LogP) is 2.56. The molecule has 2 aromatic heterocycles.